The molecule has 0 spiro atoms. The molecule has 7 nitrogen and oxygen atoms in total. The van der Waals surface area contributed by atoms with Crippen LogP contribution >= 0.6 is 0 Å². The molecule has 190 valence electrons. The van der Waals surface area contributed by atoms with Gasteiger partial charge in [-0.3, -0.25) is 14.4 Å². The Hall–Kier alpha value is -4.13. The van der Waals surface area contributed by atoms with Crippen LogP contribution in [0.4, 0.5) is 0 Å². The highest BCUT2D eigenvalue weighted by molar-refractivity contribution is 5.96. The Morgan fingerprint density at radius 1 is 0.865 bits per heavy atom. The smallest absolute Gasteiger partial charge is 0.251 e. The molecule has 1 saturated carbocycles. The summed E-state index contributed by atoms with van der Waals surface area (Å²) in [6, 6.07) is 19.4. The molecule has 0 saturated heterocycles. The molecule has 3 aromatic rings. The van der Waals surface area contributed by atoms with Crippen molar-refractivity contribution in [2.75, 3.05) is 19.9 Å². The average molecular weight is 499 g/mol. The summed E-state index contributed by atoms with van der Waals surface area (Å²) in [6.07, 6.45) is 2.05. The van der Waals surface area contributed by atoms with E-state index in [1.807, 2.05) is 49.4 Å². The number of ketones is 1. The number of benzene rings is 3. The fourth-order valence-corrected chi connectivity index (χ4v) is 4.81. The summed E-state index contributed by atoms with van der Waals surface area (Å²) in [4.78, 5) is 36.8. The minimum atomic E-state index is -0.443. The standard InChI is InChI=1S/C30H30N2O5/c1-19-3-4-21(16-28(34)30(11-12-30)24-9-10-26-27(17-24)37-18-36-26)15-25(19)22-5-7-23(8-6-22)29(35)32-14-13-31-20(2)33/h3-10,15,17H,11-14,16,18H2,1-2H3,(H,31,33)(H,32,35). The summed E-state index contributed by atoms with van der Waals surface area (Å²) >= 11 is 0. The van der Waals surface area contributed by atoms with Crippen molar-refractivity contribution in [3.63, 3.8) is 0 Å². The van der Waals surface area contributed by atoms with E-state index in [4.69, 9.17) is 9.47 Å². The molecule has 1 aliphatic heterocycles. The van der Waals surface area contributed by atoms with E-state index in [2.05, 4.69) is 16.7 Å². The van der Waals surface area contributed by atoms with Crippen LogP contribution in [0.5, 0.6) is 11.5 Å². The van der Waals surface area contributed by atoms with E-state index >= 15 is 0 Å². The van der Waals surface area contributed by atoms with Crippen LogP contribution in [0.2, 0.25) is 0 Å². The summed E-state index contributed by atoms with van der Waals surface area (Å²) in [7, 11) is 0. The van der Waals surface area contributed by atoms with E-state index < -0.39 is 5.41 Å². The molecule has 0 unspecified atom stereocenters. The van der Waals surface area contributed by atoms with Gasteiger partial charge >= 0.3 is 0 Å². The zero-order valence-corrected chi connectivity index (χ0v) is 21.1. The Morgan fingerprint density at radius 3 is 2.32 bits per heavy atom. The van der Waals surface area contributed by atoms with Crippen molar-refractivity contribution in [2.24, 2.45) is 0 Å². The van der Waals surface area contributed by atoms with Crippen LogP contribution in [0.1, 0.15) is 46.8 Å². The molecule has 0 atom stereocenters. The Morgan fingerprint density at radius 2 is 1.59 bits per heavy atom. The minimum absolute atomic E-state index is 0.127. The van der Waals surface area contributed by atoms with Gasteiger partial charge in [-0.05, 0) is 71.8 Å². The van der Waals surface area contributed by atoms with Gasteiger partial charge in [-0.2, -0.15) is 0 Å². The summed E-state index contributed by atoms with van der Waals surface area (Å²) in [5.74, 6) is 1.33. The van der Waals surface area contributed by atoms with Crippen molar-refractivity contribution in [2.45, 2.75) is 38.5 Å². The number of rotatable bonds is 9. The van der Waals surface area contributed by atoms with E-state index in [0.29, 0.717) is 30.8 Å². The lowest BCUT2D eigenvalue weighted by molar-refractivity contribution is -0.121. The van der Waals surface area contributed by atoms with E-state index in [9.17, 15) is 14.4 Å². The maximum atomic E-state index is 13.5. The van der Waals surface area contributed by atoms with Crippen LogP contribution in [-0.4, -0.2) is 37.5 Å². The zero-order valence-electron chi connectivity index (χ0n) is 21.1. The van der Waals surface area contributed by atoms with Crippen molar-refractivity contribution in [1.29, 1.82) is 0 Å². The molecule has 5 rings (SSSR count). The number of fused-ring (bicyclic) bond motifs is 1. The molecule has 7 heteroatoms. The van der Waals surface area contributed by atoms with Gasteiger partial charge in [0.15, 0.2) is 11.5 Å². The van der Waals surface area contributed by atoms with Gasteiger partial charge in [0.05, 0.1) is 5.41 Å². The second-order valence-electron chi connectivity index (χ2n) is 9.72. The van der Waals surface area contributed by atoms with E-state index in [0.717, 1.165) is 46.4 Å². The van der Waals surface area contributed by atoms with Crippen LogP contribution in [0.15, 0.2) is 60.7 Å². The summed E-state index contributed by atoms with van der Waals surface area (Å²) in [5.41, 5.74) is 5.20. The van der Waals surface area contributed by atoms with Crippen molar-refractivity contribution in [1.82, 2.24) is 10.6 Å². The molecule has 37 heavy (non-hydrogen) atoms. The van der Waals surface area contributed by atoms with Gasteiger partial charge in [0, 0.05) is 32.0 Å². The molecule has 1 aliphatic carbocycles. The zero-order chi connectivity index (χ0) is 26.0. The van der Waals surface area contributed by atoms with Crippen molar-refractivity contribution in [3.8, 4) is 22.6 Å². The average Bonchev–Trinajstić information content (AvgIpc) is 3.58. The number of Topliss-reactive ketones (excluding diaryl/α,β-unsaturated/α-hetero) is 1. The van der Waals surface area contributed by atoms with E-state index in [1.165, 1.54) is 6.92 Å². The topological polar surface area (TPSA) is 93.7 Å². The lowest BCUT2D eigenvalue weighted by Crippen LogP contribution is -2.33. The van der Waals surface area contributed by atoms with Crippen LogP contribution in [0.25, 0.3) is 11.1 Å². The first-order chi connectivity index (χ1) is 17.9. The second kappa shape index (κ2) is 10.1. The third kappa shape index (κ3) is 5.21. The summed E-state index contributed by atoms with van der Waals surface area (Å²) in [6.45, 7) is 4.45. The quantitative estimate of drug-likeness (QED) is 0.433. The molecule has 3 aromatic carbocycles. The maximum absolute atomic E-state index is 13.5. The van der Waals surface area contributed by atoms with Crippen molar-refractivity contribution >= 4 is 17.6 Å². The Kier molecular flexibility index (Phi) is 6.70. The van der Waals surface area contributed by atoms with Crippen LogP contribution < -0.4 is 20.1 Å². The molecule has 2 N–H and O–H groups in total. The third-order valence-electron chi connectivity index (χ3n) is 7.12. The van der Waals surface area contributed by atoms with Gasteiger partial charge in [0.25, 0.3) is 5.91 Å². The van der Waals surface area contributed by atoms with Crippen molar-refractivity contribution < 1.29 is 23.9 Å². The maximum Gasteiger partial charge on any atom is 0.251 e. The highest BCUT2D eigenvalue weighted by atomic mass is 16.7. The van der Waals surface area contributed by atoms with Crippen LogP contribution in [0.3, 0.4) is 0 Å². The highest BCUT2D eigenvalue weighted by Crippen LogP contribution is 2.51. The number of aryl methyl sites for hydroxylation is 1. The largest absolute Gasteiger partial charge is 0.454 e. The minimum Gasteiger partial charge on any atom is -0.454 e. The fourth-order valence-electron chi connectivity index (χ4n) is 4.81. The lowest BCUT2D eigenvalue weighted by atomic mass is 9.87. The Labute approximate surface area is 216 Å². The third-order valence-corrected chi connectivity index (χ3v) is 7.12. The van der Waals surface area contributed by atoms with E-state index in [1.54, 1.807) is 12.1 Å². The Bertz CT molecular complexity index is 1360. The van der Waals surface area contributed by atoms with Gasteiger partial charge in [0.1, 0.15) is 5.78 Å². The molecule has 1 fully saturated rings. The normalized spacial score (nSPS) is 14.6. The lowest BCUT2D eigenvalue weighted by Gasteiger charge is -2.16. The van der Waals surface area contributed by atoms with Gasteiger partial charge in [-0.25, -0.2) is 0 Å². The number of carbonyl (C=O) groups is 3. The number of nitrogens with one attached hydrogen (secondary N) is 2. The first-order valence-electron chi connectivity index (χ1n) is 12.5. The molecule has 0 aromatic heterocycles. The van der Waals surface area contributed by atoms with E-state index in [-0.39, 0.29) is 24.4 Å². The molecular weight excluding hydrogens is 468 g/mol. The number of hydrogen-bond donors (Lipinski definition) is 2. The predicted octanol–water partition coefficient (Wildman–Crippen LogP) is 4.10. The summed E-state index contributed by atoms with van der Waals surface area (Å²) in [5, 5.41) is 5.45. The Balaban J connectivity index is 1.27. The number of carbonyl (C=O) groups excluding carboxylic acids is 3. The van der Waals surface area contributed by atoms with Gasteiger partial charge in [-0.1, -0.05) is 36.4 Å². The molecule has 2 amide bonds. The monoisotopic (exact) mass is 498 g/mol. The molecule has 0 radical (unpaired) electrons. The molecule has 0 bridgehead atoms. The van der Waals surface area contributed by atoms with Gasteiger partial charge < -0.3 is 20.1 Å². The first kappa shape index (κ1) is 24.6. The highest BCUT2D eigenvalue weighted by Gasteiger charge is 2.50. The molecule has 2 aliphatic rings. The van der Waals surface area contributed by atoms with Crippen LogP contribution in [-0.2, 0) is 21.4 Å². The van der Waals surface area contributed by atoms with Crippen LogP contribution in [0, 0.1) is 6.92 Å². The number of hydrogen-bond acceptors (Lipinski definition) is 5. The van der Waals surface area contributed by atoms with Gasteiger partial charge in [-0.15, -0.1) is 0 Å². The first-order valence-corrected chi connectivity index (χ1v) is 12.5. The SMILES string of the molecule is CC(=O)NCCNC(=O)c1ccc(-c2cc(CC(=O)C3(c4ccc5c(c4)OCO5)CC3)ccc2C)cc1. The van der Waals surface area contributed by atoms with Crippen molar-refractivity contribution in [3.05, 3.63) is 82.9 Å². The van der Waals surface area contributed by atoms with Gasteiger partial charge in [0.2, 0.25) is 12.7 Å². The summed E-state index contributed by atoms with van der Waals surface area (Å²) < 4.78 is 10.9. The number of ether oxygens (including phenoxy) is 2. The molecular formula is C30H30N2O5. The predicted molar refractivity (Wildman–Crippen MR) is 140 cm³/mol. The second-order valence-corrected chi connectivity index (χ2v) is 9.72. The fraction of sp³-hybridized carbons (Fsp3) is 0.300. The number of amides is 2. The molecule has 1 heterocycles.